The molecule has 2 N–H and O–H groups in total. The third-order valence-corrected chi connectivity index (χ3v) is 2.71. The molecule has 1 aliphatic rings. The first-order chi connectivity index (χ1) is 9.88. The van der Waals surface area contributed by atoms with Crippen molar-refractivity contribution in [2.24, 2.45) is 0 Å². The van der Waals surface area contributed by atoms with Gasteiger partial charge in [-0.05, 0) is 0 Å². The molecule has 0 radical (unpaired) electrons. The highest BCUT2D eigenvalue weighted by Crippen LogP contribution is 2.25. The van der Waals surface area contributed by atoms with E-state index in [1.807, 2.05) is 0 Å². The van der Waals surface area contributed by atoms with E-state index in [4.69, 9.17) is 0 Å². The summed E-state index contributed by atoms with van der Waals surface area (Å²) < 4.78 is 70.5. The SMILES string of the molecule is COC(=O)C1=CNNN1Cc1c(F)c(F)c(F)c(F)c1F. The van der Waals surface area contributed by atoms with Gasteiger partial charge in [0.05, 0.1) is 19.2 Å². The van der Waals surface area contributed by atoms with Crippen LogP contribution in [-0.4, -0.2) is 18.1 Å². The van der Waals surface area contributed by atoms with Gasteiger partial charge in [0.25, 0.3) is 0 Å². The summed E-state index contributed by atoms with van der Waals surface area (Å²) in [6, 6.07) is 0. The lowest BCUT2D eigenvalue weighted by atomic mass is 10.1. The topological polar surface area (TPSA) is 53.6 Å². The lowest BCUT2D eigenvalue weighted by molar-refractivity contribution is -0.138. The number of ether oxygens (including phenoxy) is 1. The van der Waals surface area contributed by atoms with Crippen LogP contribution in [0, 0.1) is 29.1 Å². The highest BCUT2D eigenvalue weighted by Gasteiger charge is 2.30. The molecule has 0 aliphatic carbocycles. The minimum absolute atomic E-state index is 0.193. The molecule has 10 heteroatoms. The first-order valence-electron chi connectivity index (χ1n) is 5.46. The molecular formula is C11H8F5N3O2. The van der Waals surface area contributed by atoms with Crippen LogP contribution >= 0.6 is 0 Å². The Bertz CT molecular complexity index is 606. The third kappa shape index (κ3) is 2.49. The van der Waals surface area contributed by atoms with Crippen LogP contribution in [0.15, 0.2) is 11.9 Å². The van der Waals surface area contributed by atoms with Crippen molar-refractivity contribution >= 4 is 5.97 Å². The zero-order chi connectivity index (χ0) is 15.7. The van der Waals surface area contributed by atoms with Gasteiger partial charge >= 0.3 is 5.97 Å². The van der Waals surface area contributed by atoms with E-state index >= 15 is 0 Å². The number of hydrazine groups is 2. The van der Waals surface area contributed by atoms with Crippen LogP contribution in [0.1, 0.15) is 5.56 Å². The number of benzene rings is 1. The van der Waals surface area contributed by atoms with E-state index in [0.29, 0.717) is 0 Å². The van der Waals surface area contributed by atoms with E-state index in [1.54, 1.807) is 0 Å². The van der Waals surface area contributed by atoms with E-state index in [9.17, 15) is 26.7 Å². The van der Waals surface area contributed by atoms with Gasteiger partial charge in [-0.2, -0.15) is 0 Å². The Morgan fingerprint density at radius 3 is 2.14 bits per heavy atom. The highest BCUT2D eigenvalue weighted by molar-refractivity contribution is 5.87. The van der Waals surface area contributed by atoms with Crippen LogP contribution in [0.5, 0.6) is 0 Å². The van der Waals surface area contributed by atoms with Gasteiger partial charge in [0.2, 0.25) is 5.82 Å². The quantitative estimate of drug-likeness (QED) is 0.381. The van der Waals surface area contributed by atoms with Gasteiger partial charge in [-0.15, -0.1) is 5.53 Å². The summed E-state index contributed by atoms with van der Waals surface area (Å²) in [5.74, 6) is -11.2. The zero-order valence-electron chi connectivity index (χ0n) is 10.4. The lowest BCUT2D eigenvalue weighted by Crippen LogP contribution is -2.39. The number of hydrogen-bond donors (Lipinski definition) is 2. The molecule has 0 unspecified atom stereocenters. The Morgan fingerprint density at radius 1 is 1.10 bits per heavy atom. The Labute approximate surface area is 114 Å². The molecule has 21 heavy (non-hydrogen) atoms. The summed E-state index contributed by atoms with van der Waals surface area (Å²) in [6.07, 6.45) is 1.11. The largest absolute Gasteiger partial charge is 0.464 e. The molecule has 0 saturated carbocycles. The van der Waals surface area contributed by atoms with Gasteiger partial charge in [0, 0.05) is 6.20 Å². The predicted molar refractivity (Wildman–Crippen MR) is 58.1 cm³/mol. The van der Waals surface area contributed by atoms with Crippen molar-refractivity contribution in [1.82, 2.24) is 16.0 Å². The highest BCUT2D eigenvalue weighted by atomic mass is 19.2. The summed E-state index contributed by atoms with van der Waals surface area (Å²) in [5.41, 5.74) is 3.36. The number of hydrogen-bond acceptors (Lipinski definition) is 5. The van der Waals surface area contributed by atoms with Crippen molar-refractivity contribution in [1.29, 1.82) is 0 Å². The van der Waals surface area contributed by atoms with E-state index in [-0.39, 0.29) is 5.70 Å². The summed E-state index contributed by atoms with van der Waals surface area (Å²) >= 11 is 0. The van der Waals surface area contributed by atoms with Crippen LogP contribution < -0.4 is 11.0 Å². The first-order valence-corrected chi connectivity index (χ1v) is 5.46. The maximum Gasteiger partial charge on any atom is 0.357 e. The minimum Gasteiger partial charge on any atom is -0.464 e. The molecule has 0 fully saturated rings. The maximum atomic E-state index is 13.5. The van der Waals surface area contributed by atoms with Crippen LogP contribution in [0.25, 0.3) is 0 Å². The Kier molecular flexibility index (Phi) is 3.98. The van der Waals surface area contributed by atoms with Gasteiger partial charge in [0.1, 0.15) is 0 Å². The summed E-state index contributed by atoms with van der Waals surface area (Å²) in [7, 11) is 1.07. The maximum absolute atomic E-state index is 13.5. The standard InChI is InChI=1S/C11H8F5N3O2/c1-21-11(20)5-2-17-18-19(5)3-4-6(12)8(14)10(16)9(15)7(4)13/h2,17-18H,3H2,1H3. The van der Waals surface area contributed by atoms with Crippen molar-refractivity contribution in [3.8, 4) is 0 Å². The Hall–Kier alpha value is -2.36. The molecular weight excluding hydrogens is 301 g/mol. The Morgan fingerprint density at radius 2 is 1.62 bits per heavy atom. The number of halogens is 5. The molecule has 0 bridgehead atoms. The number of carbonyl (C=O) groups is 1. The molecule has 0 saturated heterocycles. The second kappa shape index (κ2) is 5.56. The molecule has 0 spiro atoms. The summed E-state index contributed by atoms with van der Waals surface area (Å²) in [6.45, 7) is -0.792. The third-order valence-electron chi connectivity index (χ3n) is 2.71. The monoisotopic (exact) mass is 309 g/mol. The normalized spacial score (nSPS) is 14.0. The van der Waals surface area contributed by atoms with Crippen molar-refractivity contribution in [3.63, 3.8) is 0 Å². The lowest BCUT2D eigenvalue weighted by Gasteiger charge is -2.20. The molecule has 0 aromatic heterocycles. The molecule has 0 amide bonds. The van der Waals surface area contributed by atoms with E-state index < -0.39 is 47.2 Å². The van der Waals surface area contributed by atoms with Crippen molar-refractivity contribution in [2.75, 3.05) is 7.11 Å². The number of nitrogens with one attached hydrogen (secondary N) is 2. The molecule has 1 aromatic rings. The second-order valence-electron chi connectivity index (χ2n) is 3.91. The molecule has 0 atom stereocenters. The second-order valence-corrected chi connectivity index (χ2v) is 3.91. The van der Waals surface area contributed by atoms with Crippen LogP contribution in [-0.2, 0) is 16.1 Å². The van der Waals surface area contributed by atoms with E-state index in [2.05, 4.69) is 15.7 Å². The van der Waals surface area contributed by atoms with Crippen molar-refractivity contribution in [3.05, 3.63) is 46.5 Å². The number of esters is 1. The summed E-state index contributed by atoms with van der Waals surface area (Å²) in [5, 5.41) is 0.837. The minimum atomic E-state index is -2.25. The van der Waals surface area contributed by atoms with Gasteiger partial charge in [-0.1, -0.05) is 0 Å². The molecule has 1 heterocycles. The first kappa shape index (κ1) is 15.0. The van der Waals surface area contributed by atoms with Crippen LogP contribution in [0.4, 0.5) is 22.0 Å². The number of rotatable bonds is 3. The smallest absolute Gasteiger partial charge is 0.357 e. The molecule has 5 nitrogen and oxygen atoms in total. The van der Waals surface area contributed by atoms with Gasteiger partial charge in [0.15, 0.2) is 29.0 Å². The number of methoxy groups -OCH3 is 1. The fourth-order valence-electron chi connectivity index (χ4n) is 1.66. The molecule has 114 valence electrons. The Balaban J connectivity index is 2.37. The average Bonchev–Trinajstić information content (AvgIpc) is 2.95. The van der Waals surface area contributed by atoms with Gasteiger partial charge in [-0.25, -0.2) is 26.7 Å². The average molecular weight is 309 g/mol. The fourth-order valence-corrected chi connectivity index (χ4v) is 1.66. The molecule has 1 aliphatic heterocycles. The van der Waals surface area contributed by atoms with E-state index in [1.165, 1.54) is 0 Å². The fraction of sp³-hybridized carbons (Fsp3) is 0.182. The van der Waals surface area contributed by atoms with Crippen LogP contribution in [0.2, 0.25) is 0 Å². The predicted octanol–water partition coefficient (Wildman–Crippen LogP) is 1.22. The zero-order valence-corrected chi connectivity index (χ0v) is 10.4. The summed E-state index contributed by atoms with van der Waals surface area (Å²) in [4.78, 5) is 11.4. The van der Waals surface area contributed by atoms with Crippen LogP contribution in [0.3, 0.4) is 0 Å². The molecule has 2 rings (SSSR count). The van der Waals surface area contributed by atoms with Gasteiger partial charge in [-0.3, -0.25) is 5.01 Å². The van der Waals surface area contributed by atoms with Gasteiger partial charge < -0.3 is 10.2 Å². The number of carbonyl (C=O) groups excluding carboxylic acids is 1. The van der Waals surface area contributed by atoms with Crippen molar-refractivity contribution in [2.45, 2.75) is 6.54 Å². The van der Waals surface area contributed by atoms with Crippen molar-refractivity contribution < 1.29 is 31.5 Å². The molecule has 1 aromatic carbocycles. The van der Waals surface area contributed by atoms with E-state index in [0.717, 1.165) is 18.3 Å². The number of nitrogens with zero attached hydrogens (tertiary/aromatic N) is 1.